The van der Waals surface area contributed by atoms with Crippen LogP contribution in [0.1, 0.15) is 33.8 Å². The van der Waals surface area contributed by atoms with Gasteiger partial charge in [0, 0.05) is 5.56 Å². The van der Waals surface area contributed by atoms with E-state index in [9.17, 15) is 17.6 Å². The van der Waals surface area contributed by atoms with Crippen molar-refractivity contribution in [1.82, 2.24) is 0 Å². The lowest BCUT2D eigenvalue weighted by molar-refractivity contribution is -0.191. The average Bonchev–Trinajstić information content (AvgIpc) is 2.98. The molecule has 0 aliphatic carbocycles. The van der Waals surface area contributed by atoms with E-state index in [0.29, 0.717) is 0 Å². The summed E-state index contributed by atoms with van der Waals surface area (Å²) in [4.78, 5) is 29.0. The summed E-state index contributed by atoms with van der Waals surface area (Å²) < 4.78 is 72.2. The van der Waals surface area contributed by atoms with Crippen LogP contribution in [0.3, 0.4) is 0 Å². The van der Waals surface area contributed by atoms with E-state index in [-0.39, 0.29) is 11.7 Å². The van der Waals surface area contributed by atoms with Crippen LogP contribution in [0.2, 0.25) is 0 Å². The number of hydrogen-bond acceptors (Lipinski definition) is 8. The molecule has 0 amide bonds. The highest BCUT2D eigenvalue weighted by atomic mass is 32.2. The van der Waals surface area contributed by atoms with Gasteiger partial charge in [-0.05, 0) is 29.7 Å². The Kier molecular flexibility index (Phi) is 6.06. The molecule has 0 unspecified atom stereocenters. The van der Waals surface area contributed by atoms with Crippen LogP contribution in [0, 0.1) is 5.82 Å². The van der Waals surface area contributed by atoms with Gasteiger partial charge in [-0.1, -0.05) is 43.3 Å². The molecule has 1 aliphatic rings. The zero-order valence-electron chi connectivity index (χ0n) is 18.5. The number of ketones is 1. The van der Waals surface area contributed by atoms with Crippen LogP contribution in [-0.4, -0.2) is 20.4 Å². The van der Waals surface area contributed by atoms with Crippen molar-refractivity contribution in [2.45, 2.75) is 25.1 Å². The fourth-order valence-electron chi connectivity index (χ4n) is 2.37. The molecule has 1 heterocycles. The molecular weight excluding hydrogens is 417 g/mol. The molecule has 3 rings (SSSR count). The fourth-order valence-corrected chi connectivity index (χ4v) is 3.21. The van der Waals surface area contributed by atoms with Gasteiger partial charge < -0.3 is 14.7 Å². The third kappa shape index (κ3) is 5.76. The van der Waals surface area contributed by atoms with Gasteiger partial charge in [-0.2, -0.15) is 18.0 Å². The Labute approximate surface area is 176 Å². The summed E-state index contributed by atoms with van der Waals surface area (Å²) in [6.45, 7) is 1.92. The van der Waals surface area contributed by atoms with Crippen molar-refractivity contribution in [3.63, 3.8) is 0 Å². The molecule has 158 valence electrons. The third-order valence-corrected chi connectivity index (χ3v) is 4.62. The zero-order valence-corrected chi connectivity index (χ0v) is 16.4. The number of rotatable bonds is 6. The molecule has 0 saturated carbocycles. The largest absolute Gasteiger partial charge is 0.460 e. The highest BCUT2D eigenvalue weighted by molar-refractivity contribution is 7.86. The summed E-state index contributed by atoms with van der Waals surface area (Å²) in [6.07, 6.45) is -1.39. The molecule has 0 bridgehead atoms. The number of halogens is 1. The molecule has 0 spiro atoms. The molecule has 2 aromatic carbocycles. The van der Waals surface area contributed by atoms with E-state index in [0.717, 1.165) is 36.2 Å². The summed E-state index contributed by atoms with van der Waals surface area (Å²) >= 11 is 0. The number of hydrogen-bond donors (Lipinski definition) is 1. The monoisotopic (exact) mass is 438 g/mol. The second-order valence-electron chi connectivity index (χ2n) is 5.73. The van der Waals surface area contributed by atoms with Crippen molar-refractivity contribution in [2.24, 2.45) is 5.73 Å². The van der Waals surface area contributed by atoms with Gasteiger partial charge in [-0.15, -0.1) is 0 Å². The number of benzene rings is 2. The molecule has 30 heavy (non-hydrogen) atoms. The maximum absolute atomic E-state index is 13.1. The first kappa shape index (κ1) is 18.5. The predicted octanol–water partition coefficient (Wildman–Crippen LogP) is 2.12. The average molecular weight is 438 g/mol. The summed E-state index contributed by atoms with van der Waals surface area (Å²) in [7, 11) is -5.13. The maximum atomic E-state index is 13.1. The first-order valence-corrected chi connectivity index (χ1v) is 9.77. The lowest BCUT2D eigenvalue weighted by Gasteiger charge is -2.10. The van der Waals surface area contributed by atoms with Crippen LogP contribution in [0.25, 0.3) is 0 Å². The van der Waals surface area contributed by atoms with Gasteiger partial charge in [-0.25, -0.2) is 4.39 Å². The van der Waals surface area contributed by atoms with Crippen LogP contribution < -0.4 is 5.73 Å². The predicted molar refractivity (Wildman–Crippen MR) is 101 cm³/mol. The molecule has 0 aromatic heterocycles. The maximum Gasteiger partial charge on any atom is 0.373 e. The molecule has 0 radical (unpaired) electrons. The quantitative estimate of drug-likeness (QED) is 0.679. The van der Waals surface area contributed by atoms with Crippen LogP contribution in [0.4, 0.5) is 4.39 Å². The Morgan fingerprint density at radius 1 is 1.17 bits per heavy atom. The highest BCUT2D eigenvalue weighted by Gasteiger charge is 2.39. The Bertz CT molecular complexity index is 1210. The highest BCUT2D eigenvalue weighted by Crippen LogP contribution is 2.32. The lowest BCUT2D eigenvalue weighted by atomic mass is 10.0. The Morgan fingerprint density at radius 2 is 1.70 bits per heavy atom. The van der Waals surface area contributed by atoms with Crippen LogP contribution in [0.15, 0.2) is 60.2 Å². The standard InChI is InChI=1S/C19H18FNO5S.CO2/c1-2-12-3-7-14(8-4-12)17-16(22)18(19(21)25-17)26-27(23,24)11-13-5-9-15(20)10-6-13;2-1-3/h3-10,17H,2,11,21H2,1H3;/t17-;/m0./s1/i11D2,17D;. The van der Waals surface area contributed by atoms with Crippen LogP contribution in [-0.2, 0) is 45.5 Å². The minimum absolute atomic E-state index is 0.102. The van der Waals surface area contributed by atoms with Crippen molar-refractivity contribution in [3.8, 4) is 0 Å². The summed E-state index contributed by atoms with van der Waals surface area (Å²) in [5, 5.41) is 0. The molecule has 1 atom stereocenters. The third-order valence-electron chi connectivity index (χ3n) is 3.75. The normalized spacial score (nSPS) is 20.1. The SMILES string of the molecule is O=C=O.[2H]C([2H])(c1ccc(F)cc1)S(=O)(=O)OC1=C(N)O[C@@]([2H])(c2ccc(CC)cc2)C1=O. The number of Topliss-reactive ketones (excluding diaryl/α,β-unsaturated/α-hetero) is 1. The number of aryl methyl sites for hydroxylation is 1. The molecule has 10 heteroatoms. The first-order chi connectivity index (χ1) is 15.3. The van der Waals surface area contributed by atoms with Gasteiger partial charge in [-0.3, -0.25) is 4.79 Å². The molecule has 0 saturated heterocycles. The second kappa shape index (κ2) is 9.82. The van der Waals surface area contributed by atoms with Gasteiger partial charge in [0.05, 0.1) is 4.11 Å². The number of nitrogens with two attached hydrogens (primary N) is 1. The number of carbonyl (C=O) groups excluding carboxylic acids is 3. The van der Waals surface area contributed by atoms with E-state index in [1.165, 1.54) is 12.1 Å². The van der Waals surface area contributed by atoms with Crippen molar-refractivity contribution in [2.75, 3.05) is 0 Å². The molecule has 1 aliphatic heterocycles. The molecule has 2 N–H and O–H groups in total. The van der Waals surface area contributed by atoms with Gasteiger partial charge in [0.15, 0.2) is 6.08 Å². The van der Waals surface area contributed by atoms with Gasteiger partial charge in [0.1, 0.15) is 11.5 Å². The smallest absolute Gasteiger partial charge is 0.373 e. The minimum Gasteiger partial charge on any atom is -0.460 e. The van der Waals surface area contributed by atoms with Gasteiger partial charge in [0.25, 0.3) is 0 Å². The van der Waals surface area contributed by atoms with Crippen molar-refractivity contribution < 1.29 is 40.2 Å². The second-order valence-corrected chi connectivity index (χ2v) is 7.01. The van der Waals surface area contributed by atoms with Gasteiger partial charge in [0.2, 0.25) is 17.4 Å². The van der Waals surface area contributed by atoms with E-state index < -0.39 is 50.7 Å². The topological polar surface area (TPSA) is 130 Å². The van der Waals surface area contributed by atoms with Crippen molar-refractivity contribution >= 4 is 22.1 Å². The number of ether oxygens (including phenoxy) is 1. The Balaban J connectivity index is 0.00000122. The summed E-state index contributed by atoms with van der Waals surface area (Å²) in [5.41, 5.74) is 3.10. The van der Waals surface area contributed by atoms with E-state index in [2.05, 4.69) is 0 Å². The van der Waals surface area contributed by atoms with E-state index >= 15 is 0 Å². The molecule has 8 nitrogen and oxygen atoms in total. The molecule has 0 fully saturated rings. The van der Waals surface area contributed by atoms with Crippen LogP contribution >= 0.6 is 0 Å². The Hall–Kier alpha value is -3.49. The van der Waals surface area contributed by atoms with Crippen molar-refractivity contribution in [3.05, 3.63) is 82.7 Å². The summed E-state index contributed by atoms with van der Waals surface area (Å²) in [6, 6.07) is 9.96. The van der Waals surface area contributed by atoms with E-state index in [1.54, 1.807) is 12.1 Å². The molecular formula is C20H18FNO7S. The number of carbonyl (C=O) groups is 1. The minimum atomic E-state index is -5.13. The molecule has 2 aromatic rings. The zero-order chi connectivity index (χ0) is 25.0. The lowest BCUT2D eigenvalue weighted by Crippen LogP contribution is -2.16. The first-order valence-electron chi connectivity index (χ1n) is 9.86. The summed E-state index contributed by atoms with van der Waals surface area (Å²) in [5.74, 6) is -3.63. The van der Waals surface area contributed by atoms with Gasteiger partial charge >= 0.3 is 16.3 Å². The van der Waals surface area contributed by atoms with Crippen LogP contribution in [0.5, 0.6) is 0 Å². The van der Waals surface area contributed by atoms with E-state index in [1.807, 2.05) is 6.92 Å². The fraction of sp³-hybridized carbons (Fsp3) is 0.200. The van der Waals surface area contributed by atoms with E-state index in [4.69, 9.17) is 28.4 Å². The Morgan fingerprint density at radius 3 is 2.23 bits per heavy atom. The van der Waals surface area contributed by atoms with Crippen molar-refractivity contribution in [1.29, 1.82) is 0 Å².